The van der Waals surface area contributed by atoms with E-state index < -0.39 is 0 Å². The van der Waals surface area contributed by atoms with Crippen LogP contribution in [-0.4, -0.2) is 16.5 Å². The first kappa shape index (κ1) is 9.32. The molecule has 0 aliphatic heterocycles. The minimum atomic E-state index is 0.133. The zero-order valence-corrected chi connectivity index (χ0v) is 8.20. The lowest BCUT2D eigenvalue weighted by Gasteiger charge is -1.89. The van der Waals surface area contributed by atoms with Gasteiger partial charge in [-0.1, -0.05) is 11.8 Å². The number of Topliss-reactive ketones (excluding diaryl/α,β-unsaturated/α-hetero) is 1. The second-order valence-corrected chi connectivity index (χ2v) is 3.54. The standard InChI is InChI=1S/C8H11NO2S/c1-5(10)4-12-8-9-6(2)7(3)11-8/h4H2,1-3H3. The third kappa shape index (κ3) is 2.37. The Kier molecular flexibility index (Phi) is 2.92. The van der Waals surface area contributed by atoms with Crippen molar-refractivity contribution in [2.75, 3.05) is 5.75 Å². The zero-order chi connectivity index (χ0) is 9.14. The summed E-state index contributed by atoms with van der Waals surface area (Å²) in [6.45, 7) is 5.30. The third-order valence-corrected chi connectivity index (χ3v) is 2.38. The summed E-state index contributed by atoms with van der Waals surface area (Å²) in [5, 5.41) is 0.584. The average molecular weight is 185 g/mol. The molecule has 4 heteroatoms. The highest BCUT2D eigenvalue weighted by molar-refractivity contribution is 7.99. The Morgan fingerprint density at radius 3 is 2.67 bits per heavy atom. The van der Waals surface area contributed by atoms with Crippen LogP contribution >= 0.6 is 11.8 Å². The van der Waals surface area contributed by atoms with Crippen molar-refractivity contribution in [1.82, 2.24) is 4.98 Å². The molecule has 1 aromatic rings. The SMILES string of the molecule is CC(=O)CSc1nc(C)c(C)o1. The maximum Gasteiger partial charge on any atom is 0.256 e. The molecule has 0 radical (unpaired) electrons. The van der Waals surface area contributed by atoms with Crippen LogP contribution in [0.4, 0.5) is 0 Å². The van der Waals surface area contributed by atoms with Gasteiger partial charge >= 0.3 is 0 Å². The van der Waals surface area contributed by atoms with E-state index in [2.05, 4.69) is 4.98 Å². The maximum absolute atomic E-state index is 10.6. The fourth-order valence-corrected chi connectivity index (χ4v) is 1.38. The Balaban J connectivity index is 2.58. The van der Waals surface area contributed by atoms with Gasteiger partial charge in [0.25, 0.3) is 5.22 Å². The number of carbonyl (C=O) groups is 1. The van der Waals surface area contributed by atoms with E-state index in [1.807, 2.05) is 13.8 Å². The van der Waals surface area contributed by atoms with Crippen molar-refractivity contribution in [2.24, 2.45) is 0 Å². The van der Waals surface area contributed by atoms with Crippen molar-refractivity contribution in [3.05, 3.63) is 11.5 Å². The first-order valence-electron chi connectivity index (χ1n) is 3.66. The summed E-state index contributed by atoms with van der Waals surface area (Å²) in [6.07, 6.45) is 0. The molecule has 0 aliphatic rings. The Morgan fingerprint density at radius 2 is 2.25 bits per heavy atom. The Labute approximate surface area is 75.6 Å². The summed E-state index contributed by atoms with van der Waals surface area (Å²) in [5.41, 5.74) is 0.890. The summed E-state index contributed by atoms with van der Waals surface area (Å²) < 4.78 is 5.26. The van der Waals surface area contributed by atoms with E-state index in [0.29, 0.717) is 11.0 Å². The van der Waals surface area contributed by atoms with Gasteiger partial charge in [-0.25, -0.2) is 4.98 Å². The van der Waals surface area contributed by atoms with Crippen LogP contribution in [0, 0.1) is 13.8 Å². The topological polar surface area (TPSA) is 43.1 Å². The number of nitrogens with zero attached hydrogens (tertiary/aromatic N) is 1. The predicted molar refractivity (Wildman–Crippen MR) is 47.4 cm³/mol. The molecule has 0 saturated carbocycles. The fourth-order valence-electron chi connectivity index (χ4n) is 0.668. The van der Waals surface area contributed by atoms with Gasteiger partial charge in [-0.2, -0.15) is 0 Å². The molecule has 0 unspecified atom stereocenters. The summed E-state index contributed by atoms with van der Waals surface area (Å²) in [6, 6.07) is 0. The number of thioether (sulfide) groups is 1. The number of aryl methyl sites for hydroxylation is 2. The van der Waals surface area contributed by atoms with Gasteiger partial charge in [-0.05, 0) is 20.8 Å². The number of hydrogen-bond donors (Lipinski definition) is 0. The van der Waals surface area contributed by atoms with Gasteiger partial charge in [0.05, 0.1) is 11.4 Å². The van der Waals surface area contributed by atoms with Crippen LogP contribution < -0.4 is 0 Å². The summed E-state index contributed by atoms with van der Waals surface area (Å²) in [7, 11) is 0. The molecular formula is C8H11NO2S. The fraction of sp³-hybridized carbons (Fsp3) is 0.500. The molecule has 1 rings (SSSR count). The smallest absolute Gasteiger partial charge is 0.256 e. The largest absolute Gasteiger partial charge is 0.437 e. The molecule has 3 nitrogen and oxygen atoms in total. The van der Waals surface area contributed by atoms with E-state index in [1.165, 1.54) is 11.8 Å². The molecule has 1 aromatic heterocycles. The van der Waals surface area contributed by atoms with Gasteiger partial charge in [0.15, 0.2) is 0 Å². The van der Waals surface area contributed by atoms with Gasteiger partial charge in [0, 0.05) is 0 Å². The van der Waals surface area contributed by atoms with Crippen LogP contribution in [0.2, 0.25) is 0 Å². The molecule has 0 saturated heterocycles. The van der Waals surface area contributed by atoms with Crippen molar-refractivity contribution in [1.29, 1.82) is 0 Å². The molecule has 0 bridgehead atoms. The molecule has 66 valence electrons. The van der Waals surface area contributed by atoms with Crippen LogP contribution in [0.25, 0.3) is 0 Å². The second kappa shape index (κ2) is 3.76. The summed E-state index contributed by atoms with van der Waals surface area (Å²) in [5.74, 6) is 1.38. The van der Waals surface area contributed by atoms with Crippen molar-refractivity contribution in [3.8, 4) is 0 Å². The highest BCUT2D eigenvalue weighted by Gasteiger charge is 2.06. The van der Waals surface area contributed by atoms with E-state index in [0.717, 1.165) is 11.5 Å². The first-order chi connectivity index (χ1) is 5.59. The maximum atomic E-state index is 10.6. The van der Waals surface area contributed by atoms with Crippen molar-refractivity contribution in [3.63, 3.8) is 0 Å². The van der Waals surface area contributed by atoms with Gasteiger partial charge in [-0.15, -0.1) is 0 Å². The van der Waals surface area contributed by atoms with Crippen molar-refractivity contribution < 1.29 is 9.21 Å². The number of carbonyl (C=O) groups excluding carboxylic acids is 1. The molecule has 0 aliphatic carbocycles. The monoisotopic (exact) mass is 185 g/mol. The summed E-state index contributed by atoms with van der Waals surface area (Å²) in [4.78, 5) is 14.7. The van der Waals surface area contributed by atoms with Gasteiger partial charge in [-0.3, -0.25) is 4.79 Å². The number of aromatic nitrogens is 1. The van der Waals surface area contributed by atoms with E-state index in [-0.39, 0.29) is 5.78 Å². The molecule has 12 heavy (non-hydrogen) atoms. The second-order valence-electron chi connectivity index (χ2n) is 2.61. The van der Waals surface area contributed by atoms with E-state index in [1.54, 1.807) is 6.92 Å². The molecule has 1 heterocycles. The van der Waals surface area contributed by atoms with E-state index in [9.17, 15) is 4.79 Å². The van der Waals surface area contributed by atoms with Crippen LogP contribution in [-0.2, 0) is 4.79 Å². The molecule has 0 aromatic carbocycles. The molecule has 0 atom stereocenters. The highest BCUT2D eigenvalue weighted by atomic mass is 32.2. The minimum absolute atomic E-state index is 0.133. The molecule has 0 amide bonds. The molecular weight excluding hydrogens is 174 g/mol. The molecule has 0 N–H and O–H groups in total. The van der Waals surface area contributed by atoms with Gasteiger partial charge in [0.2, 0.25) is 0 Å². The summed E-state index contributed by atoms with van der Waals surface area (Å²) >= 11 is 1.34. The number of rotatable bonds is 3. The highest BCUT2D eigenvalue weighted by Crippen LogP contribution is 2.19. The predicted octanol–water partition coefficient (Wildman–Crippen LogP) is 1.97. The van der Waals surface area contributed by atoms with Crippen molar-refractivity contribution in [2.45, 2.75) is 26.0 Å². The van der Waals surface area contributed by atoms with Crippen LogP contribution in [0.3, 0.4) is 0 Å². The Morgan fingerprint density at radius 1 is 1.58 bits per heavy atom. The quantitative estimate of drug-likeness (QED) is 0.675. The van der Waals surface area contributed by atoms with Crippen LogP contribution in [0.1, 0.15) is 18.4 Å². The van der Waals surface area contributed by atoms with Crippen molar-refractivity contribution >= 4 is 17.5 Å². The lowest BCUT2D eigenvalue weighted by atomic mass is 10.4. The first-order valence-corrected chi connectivity index (χ1v) is 4.64. The average Bonchev–Trinajstić information content (AvgIpc) is 2.28. The molecule has 0 spiro atoms. The van der Waals surface area contributed by atoms with E-state index in [4.69, 9.17) is 4.42 Å². The lowest BCUT2D eigenvalue weighted by Crippen LogP contribution is -1.92. The Bertz CT molecular complexity index is 274. The lowest BCUT2D eigenvalue weighted by molar-refractivity contribution is -0.114. The van der Waals surface area contributed by atoms with Crippen LogP contribution in [0.15, 0.2) is 9.64 Å². The van der Waals surface area contributed by atoms with Crippen LogP contribution in [0.5, 0.6) is 0 Å². The van der Waals surface area contributed by atoms with Gasteiger partial charge in [0.1, 0.15) is 11.5 Å². The third-order valence-electron chi connectivity index (χ3n) is 1.41. The molecule has 0 fully saturated rings. The minimum Gasteiger partial charge on any atom is -0.437 e. The normalized spacial score (nSPS) is 10.2. The Hall–Kier alpha value is -0.770. The number of ketones is 1. The van der Waals surface area contributed by atoms with Gasteiger partial charge < -0.3 is 4.42 Å². The zero-order valence-electron chi connectivity index (χ0n) is 7.38. The van der Waals surface area contributed by atoms with E-state index >= 15 is 0 Å². The number of hydrogen-bond acceptors (Lipinski definition) is 4. The number of oxazole rings is 1.